The summed E-state index contributed by atoms with van der Waals surface area (Å²) in [6, 6.07) is 0. The molecule has 0 aromatic heterocycles. The number of allylic oxidation sites excluding steroid dienone is 3. The van der Waals surface area contributed by atoms with E-state index in [4.69, 9.17) is 0 Å². The van der Waals surface area contributed by atoms with E-state index < -0.39 is 0 Å². The van der Waals surface area contributed by atoms with Crippen LogP contribution in [0.15, 0.2) is 24.3 Å². The zero-order chi connectivity index (χ0) is 7.11. The maximum atomic E-state index is 3.69. The number of rotatable bonds is 4. The van der Waals surface area contributed by atoms with Gasteiger partial charge in [-0.15, -0.1) is 0 Å². The minimum absolute atomic E-state index is 0.927. The summed E-state index contributed by atoms with van der Waals surface area (Å²) in [7, 11) is 0. The van der Waals surface area contributed by atoms with E-state index in [1.54, 1.807) is 0 Å². The summed E-state index contributed by atoms with van der Waals surface area (Å²) in [5.74, 6) is 0. The van der Waals surface area contributed by atoms with Crippen molar-refractivity contribution in [2.45, 2.75) is 19.8 Å². The Bertz CT molecular complexity index is 103. The van der Waals surface area contributed by atoms with Crippen molar-refractivity contribution in [3.63, 3.8) is 0 Å². The molecule has 1 heteroatoms. The van der Waals surface area contributed by atoms with Gasteiger partial charge in [0.05, 0.1) is 0 Å². The molecule has 0 fully saturated rings. The van der Waals surface area contributed by atoms with E-state index in [1.165, 1.54) is 12.0 Å². The van der Waals surface area contributed by atoms with Crippen LogP contribution in [-0.4, -0.2) is 5.33 Å². The van der Waals surface area contributed by atoms with Crippen molar-refractivity contribution in [3.8, 4) is 0 Å². The third-order valence-electron chi connectivity index (χ3n) is 1.11. The molecule has 52 valence electrons. The quantitative estimate of drug-likeness (QED) is 0.470. The Morgan fingerprint density at radius 2 is 2.33 bits per heavy atom. The summed E-state index contributed by atoms with van der Waals surface area (Å²) in [6.45, 7) is 5.86. The molecule has 0 atom stereocenters. The van der Waals surface area contributed by atoms with Gasteiger partial charge in [0.1, 0.15) is 0 Å². The lowest BCUT2D eigenvalue weighted by Gasteiger charge is -1.92. The standard InChI is InChI=1S/C8H13Br/c1-3-5-6-8(4-2)7-9/h4,6H,2-3,5,7H2,1H3. The van der Waals surface area contributed by atoms with Gasteiger partial charge in [0.15, 0.2) is 0 Å². The first-order valence-corrected chi connectivity index (χ1v) is 4.34. The van der Waals surface area contributed by atoms with E-state index in [2.05, 4.69) is 35.5 Å². The summed E-state index contributed by atoms with van der Waals surface area (Å²) in [5, 5.41) is 0.927. The smallest absolute Gasteiger partial charge is 0.0279 e. The largest absolute Gasteiger partial charge is 0.0988 e. The molecule has 0 N–H and O–H groups in total. The molecule has 0 aliphatic heterocycles. The van der Waals surface area contributed by atoms with Crippen molar-refractivity contribution in [1.82, 2.24) is 0 Å². The lowest BCUT2D eigenvalue weighted by Crippen LogP contribution is -1.76. The topological polar surface area (TPSA) is 0 Å². The van der Waals surface area contributed by atoms with E-state index in [0.29, 0.717) is 0 Å². The monoisotopic (exact) mass is 188 g/mol. The van der Waals surface area contributed by atoms with Crippen LogP contribution in [0.3, 0.4) is 0 Å². The first kappa shape index (κ1) is 8.96. The molecule has 0 heterocycles. The zero-order valence-corrected chi connectivity index (χ0v) is 7.45. The first-order valence-electron chi connectivity index (χ1n) is 3.22. The Hall–Kier alpha value is -0.0400. The predicted molar refractivity (Wildman–Crippen MR) is 47.0 cm³/mol. The molecule has 0 amide bonds. The van der Waals surface area contributed by atoms with E-state index in [0.717, 1.165) is 11.8 Å². The second-order valence-corrected chi connectivity index (χ2v) is 2.47. The number of halogens is 1. The number of alkyl halides is 1. The molecule has 0 aromatic carbocycles. The van der Waals surface area contributed by atoms with Crippen LogP contribution < -0.4 is 0 Å². The van der Waals surface area contributed by atoms with Crippen molar-refractivity contribution in [1.29, 1.82) is 0 Å². The average molecular weight is 189 g/mol. The summed E-state index contributed by atoms with van der Waals surface area (Å²) in [6.07, 6.45) is 6.48. The zero-order valence-electron chi connectivity index (χ0n) is 5.86. The molecule has 0 spiro atoms. The van der Waals surface area contributed by atoms with Gasteiger partial charge in [0.25, 0.3) is 0 Å². The van der Waals surface area contributed by atoms with Gasteiger partial charge in [-0.25, -0.2) is 0 Å². The van der Waals surface area contributed by atoms with Crippen molar-refractivity contribution >= 4 is 15.9 Å². The highest BCUT2D eigenvalue weighted by molar-refractivity contribution is 9.09. The molecule has 9 heavy (non-hydrogen) atoms. The molecule has 0 rings (SSSR count). The summed E-state index contributed by atoms with van der Waals surface area (Å²) < 4.78 is 0. The minimum atomic E-state index is 0.927. The SMILES string of the molecule is C=CC(=CCCC)CBr. The lowest BCUT2D eigenvalue weighted by molar-refractivity contribution is 0.953. The maximum absolute atomic E-state index is 3.69. The Morgan fingerprint density at radius 1 is 1.67 bits per heavy atom. The third kappa shape index (κ3) is 4.46. The van der Waals surface area contributed by atoms with E-state index in [9.17, 15) is 0 Å². The molecule has 0 aliphatic rings. The van der Waals surface area contributed by atoms with Crippen LogP contribution in [-0.2, 0) is 0 Å². The maximum Gasteiger partial charge on any atom is 0.0279 e. The van der Waals surface area contributed by atoms with E-state index in [1.807, 2.05) is 6.08 Å². The second-order valence-electron chi connectivity index (χ2n) is 1.91. The highest BCUT2D eigenvalue weighted by atomic mass is 79.9. The lowest BCUT2D eigenvalue weighted by atomic mass is 10.2. The fraction of sp³-hybridized carbons (Fsp3) is 0.500. The van der Waals surface area contributed by atoms with Crippen LogP contribution in [0.4, 0.5) is 0 Å². The second kappa shape index (κ2) is 6.09. The van der Waals surface area contributed by atoms with Gasteiger partial charge < -0.3 is 0 Å². The van der Waals surface area contributed by atoms with Crippen LogP contribution in [0.25, 0.3) is 0 Å². The molecule has 0 aromatic rings. The van der Waals surface area contributed by atoms with Gasteiger partial charge in [-0.2, -0.15) is 0 Å². The Kier molecular flexibility index (Phi) is 6.06. The normalized spacial score (nSPS) is 11.6. The summed E-state index contributed by atoms with van der Waals surface area (Å²) in [5.41, 5.74) is 1.29. The molecule has 0 radical (unpaired) electrons. The van der Waals surface area contributed by atoms with Crippen LogP contribution >= 0.6 is 15.9 Å². The third-order valence-corrected chi connectivity index (χ3v) is 1.76. The van der Waals surface area contributed by atoms with Crippen LogP contribution in [0.5, 0.6) is 0 Å². The fourth-order valence-electron chi connectivity index (χ4n) is 0.522. The van der Waals surface area contributed by atoms with Crippen LogP contribution in [0, 0.1) is 0 Å². The van der Waals surface area contributed by atoms with Gasteiger partial charge in [0, 0.05) is 5.33 Å². The Morgan fingerprint density at radius 3 is 2.67 bits per heavy atom. The van der Waals surface area contributed by atoms with Crippen LogP contribution in [0.2, 0.25) is 0 Å². The fourth-order valence-corrected chi connectivity index (χ4v) is 0.980. The summed E-state index contributed by atoms with van der Waals surface area (Å²) >= 11 is 3.37. The number of unbranched alkanes of at least 4 members (excludes halogenated alkanes) is 1. The average Bonchev–Trinajstić information content (AvgIpc) is 1.91. The minimum Gasteiger partial charge on any atom is -0.0988 e. The van der Waals surface area contributed by atoms with Gasteiger partial charge in [-0.1, -0.05) is 48.0 Å². The number of hydrogen-bond donors (Lipinski definition) is 0. The number of hydrogen-bond acceptors (Lipinski definition) is 0. The van der Waals surface area contributed by atoms with Crippen molar-refractivity contribution in [2.24, 2.45) is 0 Å². The highest BCUT2D eigenvalue weighted by Crippen LogP contribution is 2.02. The molecular formula is C8H13Br. The van der Waals surface area contributed by atoms with Crippen molar-refractivity contribution in [2.75, 3.05) is 5.33 Å². The predicted octanol–water partition coefficient (Wildman–Crippen LogP) is 3.29. The van der Waals surface area contributed by atoms with Crippen molar-refractivity contribution in [3.05, 3.63) is 24.3 Å². The molecule has 0 unspecified atom stereocenters. The van der Waals surface area contributed by atoms with Crippen molar-refractivity contribution < 1.29 is 0 Å². The Labute approximate surface area is 65.8 Å². The van der Waals surface area contributed by atoms with Gasteiger partial charge in [0.2, 0.25) is 0 Å². The molecule has 0 saturated carbocycles. The van der Waals surface area contributed by atoms with Gasteiger partial charge >= 0.3 is 0 Å². The highest BCUT2D eigenvalue weighted by Gasteiger charge is 1.84. The molecule has 0 bridgehead atoms. The Balaban J connectivity index is 3.61. The molecule has 0 aliphatic carbocycles. The van der Waals surface area contributed by atoms with E-state index in [-0.39, 0.29) is 0 Å². The van der Waals surface area contributed by atoms with E-state index >= 15 is 0 Å². The first-order chi connectivity index (χ1) is 4.35. The molecule has 0 saturated heterocycles. The van der Waals surface area contributed by atoms with Crippen LogP contribution in [0.1, 0.15) is 19.8 Å². The van der Waals surface area contributed by atoms with Gasteiger partial charge in [-0.05, 0) is 12.0 Å². The van der Waals surface area contributed by atoms with Gasteiger partial charge in [-0.3, -0.25) is 0 Å². The molecular weight excluding hydrogens is 176 g/mol. The summed E-state index contributed by atoms with van der Waals surface area (Å²) in [4.78, 5) is 0. The molecule has 0 nitrogen and oxygen atoms in total.